The number of nitrogens with one attached hydrogen (secondary N) is 1. The number of benzene rings is 1. The van der Waals surface area contributed by atoms with E-state index in [0.717, 1.165) is 31.2 Å². The summed E-state index contributed by atoms with van der Waals surface area (Å²) in [6, 6.07) is 8.35. The first-order valence-corrected chi connectivity index (χ1v) is 8.15. The maximum Gasteiger partial charge on any atom is 0.227 e. The van der Waals surface area contributed by atoms with Gasteiger partial charge >= 0.3 is 0 Å². The summed E-state index contributed by atoms with van der Waals surface area (Å²) in [5.41, 5.74) is 8.01. The van der Waals surface area contributed by atoms with E-state index < -0.39 is 0 Å². The lowest BCUT2D eigenvalue weighted by Gasteiger charge is -2.31. The van der Waals surface area contributed by atoms with Crippen molar-refractivity contribution in [3.8, 4) is 0 Å². The highest BCUT2D eigenvalue weighted by atomic mass is 16.2. The van der Waals surface area contributed by atoms with Gasteiger partial charge in [-0.25, -0.2) is 0 Å². The standard InChI is InChI=1S/C18H28N2O/c1-14-8-7-9-16(12-14)15(2)20-17(21)18(13-19)10-5-3-4-6-11-18/h7-9,12,15H,3-6,10-11,13,19H2,1-2H3,(H,20,21)/t15-/m1/s1. The minimum absolute atomic E-state index is 0.0316. The molecule has 3 nitrogen and oxygen atoms in total. The Hall–Kier alpha value is -1.35. The van der Waals surface area contributed by atoms with Gasteiger partial charge in [0, 0.05) is 6.54 Å². The van der Waals surface area contributed by atoms with Gasteiger partial charge in [-0.3, -0.25) is 4.79 Å². The van der Waals surface area contributed by atoms with Crippen LogP contribution in [-0.4, -0.2) is 12.5 Å². The van der Waals surface area contributed by atoms with Crippen molar-refractivity contribution < 1.29 is 4.79 Å². The molecular formula is C18H28N2O. The molecule has 1 atom stereocenters. The zero-order valence-electron chi connectivity index (χ0n) is 13.3. The molecule has 0 bridgehead atoms. The van der Waals surface area contributed by atoms with Crippen LogP contribution in [0.5, 0.6) is 0 Å². The third kappa shape index (κ3) is 3.85. The Bertz CT molecular complexity index is 476. The molecule has 116 valence electrons. The van der Waals surface area contributed by atoms with E-state index in [1.807, 2.05) is 13.0 Å². The number of amides is 1. The van der Waals surface area contributed by atoms with Crippen LogP contribution >= 0.6 is 0 Å². The van der Waals surface area contributed by atoms with E-state index in [-0.39, 0.29) is 17.4 Å². The maximum absolute atomic E-state index is 12.8. The number of hydrogen-bond donors (Lipinski definition) is 2. The van der Waals surface area contributed by atoms with Crippen LogP contribution in [0.4, 0.5) is 0 Å². The lowest BCUT2D eigenvalue weighted by molar-refractivity contribution is -0.132. The fraction of sp³-hybridized carbons (Fsp3) is 0.611. The van der Waals surface area contributed by atoms with Crippen molar-refractivity contribution in [2.24, 2.45) is 11.1 Å². The van der Waals surface area contributed by atoms with E-state index in [1.165, 1.54) is 18.4 Å². The Kier molecular flexibility index (Phi) is 5.40. The number of hydrogen-bond acceptors (Lipinski definition) is 2. The van der Waals surface area contributed by atoms with Gasteiger partial charge in [-0.2, -0.15) is 0 Å². The van der Waals surface area contributed by atoms with Crippen LogP contribution in [0.15, 0.2) is 24.3 Å². The highest BCUT2D eigenvalue weighted by Crippen LogP contribution is 2.35. The Morgan fingerprint density at radius 2 is 1.95 bits per heavy atom. The molecule has 1 fully saturated rings. The predicted molar refractivity (Wildman–Crippen MR) is 86.9 cm³/mol. The summed E-state index contributed by atoms with van der Waals surface area (Å²) >= 11 is 0. The maximum atomic E-state index is 12.8. The van der Waals surface area contributed by atoms with Crippen LogP contribution in [0, 0.1) is 12.3 Å². The molecule has 2 rings (SSSR count). The molecule has 3 N–H and O–H groups in total. The van der Waals surface area contributed by atoms with E-state index >= 15 is 0 Å². The van der Waals surface area contributed by atoms with Crippen LogP contribution in [0.2, 0.25) is 0 Å². The fourth-order valence-electron chi connectivity index (χ4n) is 3.30. The van der Waals surface area contributed by atoms with Crippen LogP contribution in [-0.2, 0) is 4.79 Å². The molecular weight excluding hydrogens is 260 g/mol. The average Bonchev–Trinajstić information content (AvgIpc) is 2.73. The molecule has 0 spiro atoms. The summed E-state index contributed by atoms with van der Waals surface area (Å²) < 4.78 is 0. The van der Waals surface area contributed by atoms with Gasteiger partial charge in [0.2, 0.25) is 5.91 Å². The fourth-order valence-corrected chi connectivity index (χ4v) is 3.30. The molecule has 0 heterocycles. The van der Waals surface area contributed by atoms with Crippen LogP contribution in [0.1, 0.15) is 62.6 Å². The lowest BCUT2D eigenvalue weighted by Crippen LogP contribution is -2.46. The van der Waals surface area contributed by atoms with E-state index in [9.17, 15) is 4.79 Å². The van der Waals surface area contributed by atoms with Gasteiger partial charge in [0.25, 0.3) is 0 Å². The second kappa shape index (κ2) is 7.08. The number of carbonyl (C=O) groups is 1. The van der Waals surface area contributed by atoms with Gasteiger partial charge in [-0.1, -0.05) is 55.5 Å². The smallest absolute Gasteiger partial charge is 0.227 e. The summed E-state index contributed by atoms with van der Waals surface area (Å²) in [4.78, 5) is 12.8. The molecule has 1 aliphatic rings. The first-order chi connectivity index (χ1) is 10.1. The minimum Gasteiger partial charge on any atom is -0.349 e. The molecule has 0 radical (unpaired) electrons. The highest BCUT2D eigenvalue weighted by molar-refractivity contribution is 5.83. The zero-order valence-corrected chi connectivity index (χ0v) is 13.3. The van der Waals surface area contributed by atoms with Crippen LogP contribution in [0.3, 0.4) is 0 Å². The predicted octanol–water partition coefficient (Wildman–Crippen LogP) is 3.47. The second-order valence-corrected chi connectivity index (χ2v) is 6.51. The van der Waals surface area contributed by atoms with Crippen molar-refractivity contribution in [1.29, 1.82) is 0 Å². The summed E-state index contributed by atoms with van der Waals surface area (Å²) in [5.74, 6) is 0.140. The molecule has 1 aliphatic carbocycles. The normalized spacial score (nSPS) is 19.6. The van der Waals surface area contributed by atoms with Crippen molar-refractivity contribution in [3.05, 3.63) is 35.4 Å². The van der Waals surface area contributed by atoms with E-state index in [2.05, 4.69) is 30.4 Å². The Morgan fingerprint density at radius 1 is 1.29 bits per heavy atom. The molecule has 21 heavy (non-hydrogen) atoms. The van der Waals surface area contributed by atoms with Gasteiger partial charge in [-0.15, -0.1) is 0 Å². The Labute approximate surface area is 128 Å². The molecule has 0 aromatic heterocycles. The zero-order chi connectivity index (χ0) is 15.3. The number of rotatable bonds is 4. The van der Waals surface area contributed by atoms with Crippen LogP contribution < -0.4 is 11.1 Å². The third-order valence-electron chi connectivity index (χ3n) is 4.82. The third-order valence-corrected chi connectivity index (χ3v) is 4.82. The summed E-state index contributed by atoms with van der Waals surface area (Å²) in [7, 11) is 0. The van der Waals surface area contributed by atoms with Crippen LogP contribution in [0.25, 0.3) is 0 Å². The highest BCUT2D eigenvalue weighted by Gasteiger charge is 2.37. The van der Waals surface area contributed by atoms with Gasteiger partial charge in [0.05, 0.1) is 11.5 Å². The minimum atomic E-state index is -0.353. The van der Waals surface area contributed by atoms with Gasteiger partial charge in [0.1, 0.15) is 0 Å². The van der Waals surface area contributed by atoms with Gasteiger partial charge in [-0.05, 0) is 32.3 Å². The monoisotopic (exact) mass is 288 g/mol. The topological polar surface area (TPSA) is 55.1 Å². The van der Waals surface area contributed by atoms with E-state index in [0.29, 0.717) is 6.54 Å². The molecule has 0 saturated heterocycles. The Balaban J connectivity index is 2.08. The first kappa shape index (κ1) is 16.0. The second-order valence-electron chi connectivity index (χ2n) is 6.51. The molecule has 1 aromatic rings. The average molecular weight is 288 g/mol. The molecule has 0 unspecified atom stereocenters. The Morgan fingerprint density at radius 3 is 2.52 bits per heavy atom. The van der Waals surface area contributed by atoms with Crippen molar-refractivity contribution in [2.75, 3.05) is 6.54 Å². The molecule has 1 aromatic carbocycles. The van der Waals surface area contributed by atoms with Crippen molar-refractivity contribution >= 4 is 5.91 Å². The summed E-state index contributed by atoms with van der Waals surface area (Å²) in [6.45, 7) is 4.58. The number of carbonyl (C=O) groups excluding carboxylic acids is 1. The van der Waals surface area contributed by atoms with Crippen molar-refractivity contribution in [3.63, 3.8) is 0 Å². The molecule has 3 heteroatoms. The largest absolute Gasteiger partial charge is 0.349 e. The summed E-state index contributed by atoms with van der Waals surface area (Å²) in [5, 5.41) is 3.19. The van der Waals surface area contributed by atoms with Gasteiger partial charge < -0.3 is 11.1 Å². The number of nitrogens with two attached hydrogens (primary N) is 1. The summed E-state index contributed by atoms with van der Waals surface area (Å²) in [6.07, 6.45) is 6.53. The molecule has 1 saturated carbocycles. The van der Waals surface area contributed by atoms with Crippen molar-refractivity contribution in [2.45, 2.75) is 58.4 Å². The lowest BCUT2D eigenvalue weighted by atomic mass is 9.79. The van der Waals surface area contributed by atoms with E-state index in [4.69, 9.17) is 5.73 Å². The SMILES string of the molecule is Cc1cccc([C@@H](C)NC(=O)C2(CN)CCCCCC2)c1. The molecule has 0 aliphatic heterocycles. The first-order valence-electron chi connectivity index (χ1n) is 8.15. The molecule has 1 amide bonds. The van der Waals surface area contributed by atoms with Gasteiger partial charge in [0.15, 0.2) is 0 Å². The van der Waals surface area contributed by atoms with Crippen molar-refractivity contribution in [1.82, 2.24) is 5.32 Å². The van der Waals surface area contributed by atoms with E-state index in [1.54, 1.807) is 0 Å². The quantitative estimate of drug-likeness (QED) is 0.833. The number of aryl methyl sites for hydroxylation is 1.